The van der Waals surface area contributed by atoms with E-state index in [1.54, 1.807) is 4.90 Å². The van der Waals surface area contributed by atoms with Crippen molar-refractivity contribution in [2.24, 2.45) is 11.7 Å². The highest BCUT2D eigenvalue weighted by molar-refractivity contribution is 9.10. The number of amides is 2. The lowest BCUT2D eigenvalue weighted by atomic mass is 9.93. The van der Waals surface area contributed by atoms with Gasteiger partial charge in [0.15, 0.2) is 0 Å². The molecule has 6 heteroatoms. The van der Waals surface area contributed by atoms with Gasteiger partial charge in [-0.05, 0) is 47.1 Å². The number of rotatable bonds is 2. The molecule has 1 aromatic rings. The fourth-order valence-corrected chi connectivity index (χ4v) is 3.69. The highest BCUT2D eigenvalue weighted by Crippen LogP contribution is 2.28. The smallest absolute Gasteiger partial charge is 0.265 e. The molecular weight excluding hydrogens is 316 g/mol. The minimum Gasteiger partial charge on any atom is -0.369 e. The van der Waals surface area contributed by atoms with E-state index < -0.39 is 0 Å². The lowest BCUT2D eigenvalue weighted by Crippen LogP contribution is -2.48. The lowest BCUT2D eigenvalue weighted by Gasteiger charge is -2.36. The van der Waals surface area contributed by atoms with Gasteiger partial charge in [-0.2, -0.15) is 0 Å². The van der Waals surface area contributed by atoms with Crippen LogP contribution in [-0.4, -0.2) is 29.3 Å². The average Bonchev–Trinajstić information content (AvgIpc) is 2.75. The third-order valence-corrected chi connectivity index (χ3v) is 5.18. The molecule has 1 aromatic heterocycles. The van der Waals surface area contributed by atoms with E-state index in [4.69, 9.17) is 5.73 Å². The van der Waals surface area contributed by atoms with Gasteiger partial charge in [-0.15, -0.1) is 11.3 Å². The number of piperidine rings is 1. The summed E-state index contributed by atoms with van der Waals surface area (Å²) in [7, 11) is 0. The molecule has 2 amide bonds. The Morgan fingerprint density at radius 3 is 2.78 bits per heavy atom. The van der Waals surface area contributed by atoms with E-state index in [-0.39, 0.29) is 23.8 Å². The number of nitrogens with two attached hydrogens (primary N) is 1. The molecule has 1 saturated heterocycles. The van der Waals surface area contributed by atoms with E-state index >= 15 is 0 Å². The van der Waals surface area contributed by atoms with Gasteiger partial charge in [0.1, 0.15) is 4.88 Å². The zero-order valence-electron chi connectivity index (χ0n) is 10.1. The van der Waals surface area contributed by atoms with E-state index in [2.05, 4.69) is 15.9 Å². The van der Waals surface area contributed by atoms with Crippen LogP contribution in [0.2, 0.25) is 0 Å². The number of carbonyl (C=O) groups is 2. The van der Waals surface area contributed by atoms with Crippen molar-refractivity contribution in [2.45, 2.75) is 25.8 Å². The van der Waals surface area contributed by atoms with Gasteiger partial charge in [-0.3, -0.25) is 9.59 Å². The predicted molar refractivity (Wildman–Crippen MR) is 74.4 cm³/mol. The Hall–Kier alpha value is -0.880. The van der Waals surface area contributed by atoms with Crippen LogP contribution < -0.4 is 5.73 Å². The Balaban J connectivity index is 2.18. The standard InChI is InChI=1S/C12H15BrN2O2S/c1-7-2-3-8(11(14)16)6-15(7)12(17)10-9(13)4-5-18-10/h4-5,7-8H,2-3,6H2,1H3,(H2,14,16)/t7-,8+/m1/s1. The molecule has 2 N–H and O–H groups in total. The van der Waals surface area contributed by atoms with Crippen LogP contribution in [0.1, 0.15) is 29.4 Å². The maximum atomic E-state index is 12.4. The number of thiophene rings is 1. The van der Waals surface area contributed by atoms with Crippen LogP contribution in [0.4, 0.5) is 0 Å². The normalized spacial score (nSPS) is 24.0. The maximum absolute atomic E-state index is 12.4. The van der Waals surface area contributed by atoms with Crippen molar-refractivity contribution in [2.75, 3.05) is 6.54 Å². The van der Waals surface area contributed by atoms with Crippen LogP contribution in [0.25, 0.3) is 0 Å². The maximum Gasteiger partial charge on any atom is 0.265 e. The van der Waals surface area contributed by atoms with E-state index in [1.807, 2.05) is 18.4 Å². The molecule has 18 heavy (non-hydrogen) atoms. The van der Waals surface area contributed by atoms with Crippen molar-refractivity contribution in [1.82, 2.24) is 4.90 Å². The number of primary amides is 1. The summed E-state index contributed by atoms with van der Waals surface area (Å²) in [5, 5.41) is 1.87. The number of hydrogen-bond acceptors (Lipinski definition) is 3. The first-order valence-electron chi connectivity index (χ1n) is 5.84. The molecular formula is C12H15BrN2O2S. The third-order valence-electron chi connectivity index (χ3n) is 3.36. The molecule has 0 unspecified atom stereocenters. The van der Waals surface area contributed by atoms with Crippen molar-refractivity contribution in [1.29, 1.82) is 0 Å². The molecule has 1 fully saturated rings. The summed E-state index contributed by atoms with van der Waals surface area (Å²) < 4.78 is 0.811. The highest BCUT2D eigenvalue weighted by atomic mass is 79.9. The molecule has 2 atom stereocenters. The molecule has 0 aliphatic carbocycles. The van der Waals surface area contributed by atoms with Crippen LogP contribution in [-0.2, 0) is 4.79 Å². The molecule has 1 aliphatic rings. The second-order valence-electron chi connectivity index (χ2n) is 4.58. The van der Waals surface area contributed by atoms with Crippen molar-refractivity contribution in [3.05, 3.63) is 20.8 Å². The molecule has 0 bridgehead atoms. The zero-order valence-corrected chi connectivity index (χ0v) is 12.5. The van der Waals surface area contributed by atoms with E-state index in [0.29, 0.717) is 11.4 Å². The number of carbonyl (C=O) groups excluding carboxylic acids is 2. The summed E-state index contributed by atoms with van der Waals surface area (Å²) >= 11 is 4.78. The highest BCUT2D eigenvalue weighted by Gasteiger charge is 2.33. The quantitative estimate of drug-likeness (QED) is 0.903. The van der Waals surface area contributed by atoms with E-state index in [9.17, 15) is 9.59 Å². The topological polar surface area (TPSA) is 63.4 Å². The second kappa shape index (κ2) is 5.40. The average molecular weight is 331 g/mol. The van der Waals surface area contributed by atoms with Gasteiger partial charge < -0.3 is 10.6 Å². The first-order chi connectivity index (χ1) is 8.50. The van der Waals surface area contributed by atoms with Crippen molar-refractivity contribution in [3.63, 3.8) is 0 Å². The van der Waals surface area contributed by atoms with Gasteiger partial charge in [0.05, 0.1) is 5.92 Å². The number of hydrogen-bond donors (Lipinski definition) is 1. The SMILES string of the molecule is C[C@@H]1CC[C@H](C(N)=O)CN1C(=O)c1sccc1Br. The largest absolute Gasteiger partial charge is 0.369 e. The molecule has 4 nitrogen and oxygen atoms in total. The number of nitrogens with zero attached hydrogens (tertiary/aromatic N) is 1. The summed E-state index contributed by atoms with van der Waals surface area (Å²) in [4.78, 5) is 26.1. The van der Waals surface area contributed by atoms with Gasteiger partial charge in [0.2, 0.25) is 5.91 Å². The molecule has 0 aromatic carbocycles. The Kier molecular flexibility index (Phi) is 4.07. The summed E-state index contributed by atoms with van der Waals surface area (Å²) in [6.45, 7) is 2.44. The van der Waals surface area contributed by atoms with Crippen LogP contribution in [0.5, 0.6) is 0 Å². The monoisotopic (exact) mass is 330 g/mol. The Morgan fingerprint density at radius 1 is 1.50 bits per heavy atom. The Labute approximate surface area is 118 Å². The van der Waals surface area contributed by atoms with Crippen LogP contribution in [0.3, 0.4) is 0 Å². The lowest BCUT2D eigenvalue weighted by molar-refractivity contribution is -0.123. The summed E-state index contributed by atoms with van der Waals surface area (Å²) in [6, 6.07) is 2.01. The molecule has 2 heterocycles. The molecule has 0 radical (unpaired) electrons. The first-order valence-corrected chi connectivity index (χ1v) is 7.51. The van der Waals surface area contributed by atoms with E-state index in [0.717, 1.165) is 17.3 Å². The number of halogens is 1. The summed E-state index contributed by atoms with van der Waals surface area (Å²) in [5.74, 6) is -0.552. The fraction of sp³-hybridized carbons (Fsp3) is 0.500. The Bertz CT molecular complexity index is 474. The van der Waals surface area contributed by atoms with Gasteiger partial charge in [-0.1, -0.05) is 0 Å². The van der Waals surface area contributed by atoms with Gasteiger partial charge in [0, 0.05) is 17.1 Å². The number of likely N-dealkylation sites (tertiary alicyclic amines) is 1. The zero-order chi connectivity index (χ0) is 13.3. The molecule has 2 rings (SSSR count). The summed E-state index contributed by atoms with van der Waals surface area (Å²) in [5.41, 5.74) is 5.34. The fourth-order valence-electron chi connectivity index (χ4n) is 2.20. The molecule has 98 valence electrons. The molecule has 0 spiro atoms. The van der Waals surface area contributed by atoms with Crippen molar-refractivity contribution >= 4 is 39.1 Å². The van der Waals surface area contributed by atoms with Gasteiger partial charge in [0.25, 0.3) is 5.91 Å². The van der Waals surface area contributed by atoms with Crippen molar-refractivity contribution in [3.8, 4) is 0 Å². The third kappa shape index (κ3) is 2.59. The van der Waals surface area contributed by atoms with Crippen molar-refractivity contribution < 1.29 is 9.59 Å². The van der Waals surface area contributed by atoms with Gasteiger partial charge >= 0.3 is 0 Å². The van der Waals surface area contributed by atoms with Crippen LogP contribution >= 0.6 is 27.3 Å². The van der Waals surface area contributed by atoms with E-state index in [1.165, 1.54) is 11.3 Å². The minimum atomic E-state index is -0.315. The first kappa shape index (κ1) is 13.5. The second-order valence-corrected chi connectivity index (χ2v) is 6.35. The molecule has 1 aliphatic heterocycles. The van der Waals surface area contributed by atoms with Crippen LogP contribution in [0.15, 0.2) is 15.9 Å². The Morgan fingerprint density at radius 2 is 2.22 bits per heavy atom. The predicted octanol–water partition coefficient (Wildman–Crippen LogP) is 2.24. The summed E-state index contributed by atoms with van der Waals surface area (Å²) in [6.07, 6.45) is 1.59. The minimum absolute atomic E-state index is 0.0182. The van der Waals surface area contributed by atoms with Gasteiger partial charge in [-0.25, -0.2) is 0 Å². The molecule has 0 saturated carbocycles. The van der Waals surface area contributed by atoms with Crippen LogP contribution in [0, 0.1) is 5.92 Å².